The Hall–Kier alpha value is -1.65. The topological polar surface area (TPSA) is 45.8 Å². The van der Waals surface area contributed by atoms with Crippen LogP contribution in [0, 0.1) is 0 Å². The zero-order valence-corrected chi connectivity index (χ0v) is 12.0. The lowest BCUT2D eigenvalue weighted by atomic mass is 10.2. The first kappa shape index (κ1) is 12.4. The van der Waals surface area contributed by atoms with E-state index >= 15 is 0 Å². The van der Waals surface area contributed by atoms with Crippen LogP contribution in [-0.2, 0) is 0 Å². The molecule has 0 amide bonds. The highest BCUT2D eigenvalue weighted by Gasteiger charge is 2.08. The lowest BCUT2D eigenvalue weighted by Gasteiger charge is -2.04. The number of benzene rings is 2. The molecule has 0 aliphatic rings. The maximum absolute atomic E-state index is 12.0. The molecule has 3 nitrogen and oxygen atoms in total. The molecule has 1 heterocycles. The normalized spacial score (nSPS) is 10.8. The van der Waals surface area contributed by atoms with Crippen molar-refractivity contribution >= 4 is 38.4 Å². The number of aromatic amines is 1. The monoisotopic (exact) mass is 334 g/mol. The van der Waals surface area contributed by atoms with Gasteiger partial charge in [-0.15, -0.1) is 0 Å². The van der Waals surface area contributed by atoms with Crippen LogP contribution in [-0.4, -0.2) is 9.97 Å². The molecular weight excluding hydrogens is 328 g/mol. The molecule has 2 aromatic carbocycles. The number of halogens is 2. The fourth-order valence-corrected chi connectivity index (χ4v) is 2.52. The van der Waals surface area contributed by atoms with Gasteiger partial charge in [-0.2, -0.15) is 0 Å². The highest BCUT2D eigenvalue weighted by Crippen LogP contribution is 2.23. The van der Waals surface area contributed by atoms with Crippen LogP contribution in [0.2, 0.25) is 5.02 Å². The molecule has 5 heteroatoms. The van der Waals surface area contributed by atoms with E-state index in [0.717, 1.165) is 10.0 Å². The van der Waals surface area contributed by atoms with Crippen LogP contribution < -0.4 is 5.56 Å². The number of nitrogens with one attached hydrogen (secondary N) is 1. The van der Waals surface area contributed by atoms with Crippen molar-refractivity contribution in [2.75, 3.05) is 0 Å². The van der Waals surface area contributed by atoms with Crippen molar-refractivity contribution in [3.63, 3.8) is 0 Å². The smallest absolute Gasteiger partial charge is 0.259 e. The quantitative estimate of drug-likeness (QED) is 0.730. The first-order valence-corrected chi connectivity index (χ1v) is 6.77. The van der Waals surface area contributed by atoms with Crippen LogP contribution in [0.4, 0.5) is 0 Å². The van der Waals surface area contributed by atoms with Crippen LogP contribution in [0.3, 0.4) is 0 Å². The highest BCUT2D eigenvalue weighted by atomic mass is 79.9. The third-order valence-corrected chi connectivity index (χ3v) is 3.58. The van der Waals surface area contributed by atoms with Crippen LogP contribution in [0.5, 0.6) is 0 Å². The van der Waals surface area contributed by atoms with Gasteiger partial charge >= 0.3 is 0 Å². The van der Waals surface area contributed by atoms with E-state index in [2.05, 4.69) is 25.9 Å². The molecule has 0 aliphatic carbocycles. The van der Waals surface area contributed by atoms with Gasteiger partial charge in [0.25, 0.3) is 5.56 Å². The summed E-state index contributed by atoms with van der Waals surface area (Å²) in [7, 11) is 0. The van der Waals surface area contributed by atoms with E-state index in [0.29, 0.717) is 21.7 Å². The molecule has 1 N–H and O–H groups in total. The summed E-state index contributed by atoms with van der Waals surface area (Å²) in [6, 6.07) is 12.7. The van der Waals surface area contributed by atoms with Gasteiger partial charge in [0, 0.05) is 10.0 Å². The lowest BCUT2D eigenvalue weighted by molar-refractivity contribution is 1.18. The van der Waals surface area contributed by atoms with Gasteiger partial charge in [-0.05, 0) is 24.3 Å². The van der Waals surface area contributed by atoms with E-state index in [-0.39, 0.29) is 5.56 Å². The summed E-state index contributed by atoms with van der Waals surface area (Å²) in [4.78, 5) is 19.3. The van der Waals surface area contributed by atoms with Crippen LogP contribution in [0.25, 0.3) is 22.3 Å². The summed E-state index contributed by atoms with van der Waals surface area (Å²) in [5.74, 6) is 0.506. The molecule has 19 heavy (non-hydrogen) atoms. The van der Waals surface area contributed by atoms with Gasteiger partial charge < -0.3 is 4.98 Å². The first-order valence-electron chi connectivity index (χ1n) is 5.59. The first-order chi connectivity index (χ1) is 9.15. The molecule has 0 aliphatic heterocycles. The van der Waals surface area contributed by atoms with E-state index in [9.17, 15) is 4.79 Å². The maximum atomic E-state index is 12.0. The Morgan fingerprint density at radius 3 is 2.74 bits per heavy atom. The van der Waals surface area contributed by atoms with Crippen molar-refractivity contribution in [1.82, 2.24) is 9.97 Å². The van der Waals surface area contributed by atoms with E-state index in [1.165, 1.54) is 0 Å². The summed E-state index contributed by atoms with van der Waals surface area (Å²) < 4.78 is 0.923. The van der Waals surface area contributed by atoms with Crippen molar-refractivity contribution < 1.29 is 0 Å². The second-order valence-electron chi connectivity index (χ2n) is 4.06. The molecule has 0 saturated heterocycles. The number of H-pyrrole nitrogens is 1. The van der Waals surface area contributed by atoms with Gasteiger partial charge in [-0.25, -0.2) is 4.98 Å². The molecule has 0 bridgehead atoms. The molecule has 94 valence electrons. The van der Waals surface area contributed by atoms with Gasteiger partial charge in [-0.3, -0.25) is 4.79 Å². The van der Waals surface area contributed by atoms with Crippen LogP contribution >= 0.6 is 27.5 Å². The fourth-order valence-electron chi connectivity index (χ4n) is 1.90. The van der Waals surface area contributed by atoms with Gasteiger partial charge in [0.05, 0.1) is 15.9 Å². The Morgan fingerprint density at radius 2 is 1.95 bits per heavy atom. The number of rotatable bonds is 1. The van der Waals surface area contributed by atoms with Gasteiger partial charge in [0.1, 0.15) is 5.82 Å². The molecule has 3 rings (SSSR count). The maximum Gasteiger partial charge on any atom is 0.259 e. The average molecular weight is 336 g/mol. The molecule has 3 aromatic rings. The Kier molecular flexibility index (Phi) is 3.12. The number of fused-ring (bicyclic) bond motifs is 1. The molecule has 0 unspecified atom stereocenters. The Balaban J connectivity index is 2.32. The largest absolute Gasteiger partial charge is 0.306 e. The molecule has 0 fully saturated rings. The molecule has 1 aromatic heterocycles. The zero-order chi connectivity index (χ0) is 13.4. The third-order valence-electron chi connectivity index (χ3n) is 2.79. The predicted molar refractivity (Wildman–Crippen MR) is 80.5 cm³/mol. The van der Waals surface area contributed by atoms with Gasteiger partial charge in [0.2, 0.25) is 0 Å². The third kappa shape index (κ3) is 2.29. The SMILES string of the molecule is O=c1[nH]c(-c2cccc(Br)c2)nc2c(Cl)cccc12. The van der Waals surface area contributed by atoms with Crippen molar-refractivity contribution in [2.24, 2.45) is 0 Å². The van der Waals surface area contributed by atoms with Crippen molar-refractivity contribution in [3.05, 3.63) is 62.3 Å². The van der Waals surface area contributed by atoms with Crippen LogP contribution in [0.1, 0.15) is 0 Å². The minimum Gasteiger partial charge on any atom is -0.306 e. The zero-order valence-electron chi connectivity index (χ0n) is 9.65. The average Bonchev–Trinajstić information content (AvgIpc) is 2.40. The van der Waals surface area contributed by atoms with Crippen LogP contribution in [0.15, 0.2) is 51.7 Å². The van der Waals surface area contributed by atoms with Crippen molar-refractivity contribution in [1.29, 1.82) is 0 Å². The lowest BCUT2D eigenvalue weighted by Crippen LogP contribution is -2.09. The summed E-state index contributed by atoms with van der Waals surface area (Å²) in [5, 5.41) is 0.964. The summed E-state index contributed by atoms with van der Waals surface area (Å²) in [6.45, 7) is 0. The molecule has 0 spiro atoms. The second-order valence-corrected chi connectivity index (χ2v) is 5.38. The molecule has 0 saturated carbocycles. The standard InChI is InChI=1S/C14H8BrClN2O/c15-9-4-1-3-8(7-9)13-17-12-10(14(19)18-13)5-2-6-11(12)16/h1-7H,(H,17,18,19). The van der Waals surface area contributed by atoms with E-state index in [1.54, 1.807) is 18.2 Å². The summed E-state index contributed by atoms with van der Waals surface area (Å²) in [5.41, 5.74) is 1.15. The number of hydrogen-bond acceptors (Lipinski definition) is 2. The predicted octanol–water partition coefficient (Wildman–Crippen LogP) is 4.01. The Labute approximate surface area is 122 Å². The Bertz CT molecular complexity index is 829. The number of aromatic nitrogens is 2. The molecule has 0 atom stereocenters. The van der Waals surface area contributed by atoms with Gasteiger partial charge in [-0.1, -0.05) is 45.7 Å². The minimum atomic E-state index is -0.192. The highest BCUT2D eigenvalue weighted by molar-refractivity contribution is 9.10. The fraction of sp³-hybridized carbons (Fsp3) is 0. The Morgan fingerprint density at radius 1 is 1.16 bits per heavy atom. The van der Waals surface area contributed by atoms with Crippen molar-refractivity contribution in [3.8, 4) is 11.4 Å². The van der Waals surface area contributed by atoms with Gasteiger partial charge in [0.15, 0.2) is 0 Å². The number of para-hydroxylation sites is 1. The second kappa shape index (κ2) is 4.79. The van der Waals surface area contributed by atoms with E-state index < -0.39 is 0 Å². The minimum absolute atomic E-state index is 0.192. The molecule has 0 radical (unpaired) electrons. The number of hydrogen-bond donors (Lipinski definition) is 1. The van der Waals surface area contributed by atoms with Crippen molar-refractivity contribution in [2.45, 2.75) is 0 Å². The van der Waals surface area contributed by atoms with E-state index in [1.807, 2.05) is 24.3 Å². The number of nitrogens with zero attached hydrogens (tertiary/aromatic N) is 1. The molecular formula is C14H8BrClN2O. The van der Waals surface area contributed by atoms with E-state index in [4.69, 9.17) is 11.6 Å². The summed E-state index contributed by atoms with van der Waals surface area (Å²) in [6.07, 6.45) is 0. The summed E-state index contributed by atoms with van der Waals surface area (Å²) >= 11 is 9.49.